The summed E-state index contributed by atoms with van der Waals surface area (Å²) in [6.07, 6.45) is 4.57. The van der Waals surface area contributed by atoms with E-state index in [9.17, 15) is 9.59 Å². The zero-order valence-corrected chi connectivity index (χ0v) is 18.7. The Morgan fingerprint density at radius 3 is 2.93 bits per heavy atom. The maximum atomic E-state index is 12.8. The second-order valence-electron chi connectivity index (χ2n) is 7.57. The summed E-state index contributed by atoms with van der Waals surface area (Å²) in [6.45, 7) is 8.70. The molecule has 0 fully saturated rings. The van der Waals surface area contributed by atoms with E-state index in [1.165, 1.54) is 11.3 Å². The first-order chi connectivity index (χ1) is 14.5. The number of esters is 1. The molecule has 0 saturated carbocycles. The van der Waals surface area contributed by atoms with Gasteiger partial charge in [0.25, 0.3) is 5.91 Å². The Kier molecular flexibility index (Phi) is 7.98. The number of fused-ring (bicyclic) bond motifs is 1. The van der Waals surface area contributed by atoms with Gasteiger partial charge in [0.1, 0.15) is 10.6 Å². The monoisotopic (exact) mass is 434 g/mol. The van der Waals surface area contributed by atoms with Gasteiger partial charge in [-0.1, -0.05) is 6.92 Å². The third kappa shape index (κ3) is 5.66. The van der Waals surface area contributed by atoms with Crippen LogP contribution in [-0.2, 0) is 28.9 Å². The largest absolute Gasteiger partial charge is 0.461 e. The zero-order chi connectivity index (χ0) is 21.5. The van der Waals surface area contributed by atoms with Crippen LogP contribution in [0.15, 0.2) is 6.20 Å². The number of rotatable bonds is 6. The molecule has 3 rings (SSSR count). The Morgan fingerprint density at radius 1 is 1.40 bits per heavy atom. The van der Waals surface area contributed by atoms with E-state index in [0.29, 0.717) is 49.9 Å². The van der Waals surface area contributed by atoms with Gasteiger partial charge in [-0.25, -0.2) is 9.78 Å². The van der Waals surface area contributed by atoms with Crippen LogP contribution in [0.3, 0.4) is 0 Å². The van der Waals surface area contributed by atoms with Gasteiger partial charge in [0.05, 0.1) is 23.5 Å². The van der Waals surface area contributed by atoms with Gasteiger partial charge in [0.2, 0.25) is 0 Å². The minimum absolute atomic E-state index is 0.0739. The van der Waals surface area contributed by atoms with E-state index in [1.54, 1.807) is 10.9 Å². The summed E-state index contributed by atoms with van der Waals surface area (Å²) in [5, 5.41) is 8.54. The third-order valence-corrected chi connectivity index (χ3v) is 5.87. The Balaban J connectivity index is 1.71. The van der Waals surface area contributed by atoms with E-state index in [1.807, 2.05) is 20.8 Å². The predicted octanol–water partition coefficient (Wildman–Crippen LogP) is 2.79. The van der Waals surface area contributed by atoms with Gasteiger partial charge in [-0.3, -0.25) is 9.48 Å². The minimum atomic E-state index is -0.345. The molecule has 0 bridgehead atoms. The standard InChI is InChI=1S/C21H30N4O4S/c1-4-25-19-16(7-5-9-28-10-6-8-22-20(19)26)17(24-25)11-14(2)13-29-21(27)18-12-23-15(3)30-18/h12,14H,4-11,13H2,1-3H3,(H,22,26)/t14-/m1/s1. The van der Waals surface area contributed by atoms with Crippen molar-refractivity contribution in [1.82, 2.24) is 20.1 Å². The van der Waals surface area contributed by atoms with Crippen molar-refractivity contribution in [1.29, 1.82) is 0 Å². The fourth-order valence-electron chi connectivity index (χ4n) is 3.51. The van der Waals surface area contributed by atoms with E-state index < -0.39 is 0 Å². The maximum Gasteiger partial charge on any atom is 0.349 e. The molecule has 1 aliphatic heterocycles. The van der Waals surface area contributed by atoms with Crippen LogP contribution in [0.1, 0.15) is 63.1 Å². The van der Waals surface area contributed by atoms with Gasteiger partial charge in [-0.2, -0.15) is 5.10 Å². The van der Waals surface area contributed by atoms with Crippen LogP contribution in [0, 0.1) is 12.8 Å². The van der Waals surface area contributed by atoms with Gasteiger partial charge in [0.15, 0.2) is 0 Å². The van der Waals surface area contributed by atoms with Crippen LogP contribution in [0.25, 0.3) is 0 Å². The molecule has 0 radical (unpaired) electrons. The second-order valence-corrected chi connectivity index (χ2v) is 8.80. The molecule has 1 aliphatic rings. The summed E-state index contributed by atoms with van der Waals surface area (Å²) in [6, 6.07) is 0. The van der Waals surface area contributed by atoms with Crippen molar-refractivity contribution in [3.05, 3.63) is 33.0 Å². The lowest BCUT2D eigenvalue weighted by Gasteiger charge is -2.12. The Hall–Kier alpha value is -2.26. The molecule has 8 nitrogen and oxygen atoms in total. The molecule has 30 heavy (non-hydrogen) atoms. The molecule has 0 aromatic carbocycles. The van der Waals surface area contributed by atoms with Gasteiger partial charge in [0, 0.05) is 31.9 Å². The topological polar surface area (TPSA) is 95.3 Å². The summed E-state index contributed by atoms with van der Waals surface area (Å²) in [5.41, 5.74) is 2.54. The fourth-order valence-corrected chi connectivity index (χ4v) is 4.18. The first-order valence-electron chi connectivity index (χ1n) is 10.5. The van der Waals surface area contributed by atoms with Crippen LogP contribution in [-0.4, -0.2) is 53.0 Å². The molecule has 0 aliphatic carbocycles. The molecule has 9 heteroatoms. The van der Waals surface area contributed by atoms with Crippen molar-refractivity contribution >= 4 is 23.2 Å². The second kappa shape index (κ2) is 10.7. The predicted molar refractivity (Wildman–Crippen MR) is 114 cm³/mol. The van der Waals surface area contributed by atoms with Gasteiger partial charge < -0.3 is 14.8 Å². The van der Waals surface area contributed by atoms with Crippen LogP contribution >= 0.6 is 11.3 Å². The van der Waals surface area contributed by atoms with Crippen LogP contribution in [0.2, 0.25) is 0 Å². The quantitative estimate of drug-likeness (QED) is 0.703. The summed E-state index contributed by atoms with van der Waals surface area (Å²) < 4.78 is 12.9. The number of nitrogens with zero attached hydrogens (tertiary/aromatic N) is 3. The molecule has 164 valence electrons. The van der Waals surface area contributed by atoms with E-state index in [0.717, 1.165) is 35.5 Å². The lowest BCUT2D eigenvalue weighted by atomic mass is 9.99. The molecular formula is C21H30N4O4S. The van der Waals surface area contributed by atoms with Crippen molar-refractivity contribution in [2.24, 2.45) is 5.92 Å². The summed E-state index contributed by atoms with van der Waals surface area (Å²) in [4.78, 5) is 29.6. The molecule has 1 amide bonds. The van der Waals surface area contributed by atoms with Gasteiger partial charge >= 0.3 is 5.97 Å². The number of carbonyl (C=O) groups excluding carboxylic acids is 2. The number of hydrogen-bond acceptors (Lipinski definition) is 7. The fraction of sp³-hybridized carbons (Fsp3) is 0.619. The Bertz CT molecular complexity index is 876. The Morgan fingerprint density at radius 2 is 2.20 bits per heavy atom. The van der Waals surface area contributed by atoms with E-state index in [4.69, 9.17) is 14.6 Å². The number of nitrogens with one attached hydrogen (secondary N) is 1. The number of carbonyl (C=O) groups is 2. The van der Waals surface area contributed by atoms with Crippen molar-refractivity contribution in [3.8, 4) is 0 Å². The lowest BCUT2D eigenvalue weighted by molar-refractivity contribution is 0.0453. The van der Waals surface area contributed by atoms with E-state index >= 15 is 0 Å². The molecule has 0 saturated heterocycles. The maximum absolute atomic E-state index is 12.8. The normalized spacial score (nSPS) is 16.3. The first kappa shape index (κ1) is 22.4. The molecule has 3 heterocycles. The SMILES string of the molecule is CCn1nc(C[C@@H](C)COC(=O)c2cnc(C)s2)c2c1C(=O)NCCCOCCC2. The van der Waals surface area contributed by atoms with Crippen molar-refractivity contribution < 1.29 is 19.1 Å². The number of amides is 1. The molecule has 2 aromatic heterocycles. The van der Waals surface area contributed by atoms with E-state index in [-0.39, 0.29) is 17.8 Å². The van der Waals surface area contributed by atoms with Crippen LogP contribution in [0.4, 0.5) is 0 Å². The minimum Gasteiger partial charge on any atom is -0.461 e. The average Bonchev–Trinajstić information content (AvgIpc) is 3.30. The molecular weight excluding hydrogens is 404 g/mol. The van der Waals surface area contributed by atoms with Gasteiger partial charge in [-0.15, -0.1) is 11.3 Å². The first-order valence-corrected chi connectivity index (χ1v) is 11.3. The number of thiazole rings is 1. The molecule has 1 N–H and O–H groups in total. The third-order valence-electron chi connectivity index (χ3n) is 4.98. The van der Waals surface area contributed by atoms with Crippen molar-refractivity contribution in [2.75, 3.05) is 26.4 Å². The molecule has 1 atom stereocenters. The molecule has 0 spiro atoms. The lowest BCUT2D eigenvalue weighted by Crippen LogP contribution is -2.28. The summed E-state index contributed by atoms with van der Waals surface area (Å²) in [7, 11) is 0. The number of hydrogen-bond donors (Lipinski definition) is 1. The highest BCUT2D eigenvalue weighted by molar-refractivity contribution is 7.13. The van der Waals surface area contributed by atoms with E-state index in [2.05, 4.69) is 10.3 Å². The average molecular weight is 435 g/mol. The highest BCUT2D eigenvalue weighted by atomic mass is 32.1. The smallest absolute Gasteiger partial charge is 0.349 e. The van der Waals surface area contributed by atoms with Crippen LogP contribution in [0.5, 0.6) is 0 Å². The zero-order valence-electron chi connectivity index (χ0n) is 17.9. The summed E-state index contributed by atoms with van der Waals surface area (Å²) in [5.74, 6) is -0.348. The Labute approximate surface area is 181 Å². The number of aromatic nitrogens is 3. The van der Waals surface area contributed by atoms with Crippen molar-refractivity contribution in [2.45, 2.75) is 53.0 Å². The van der Waals surface area contributed by atoms with Crippen molar-refractivity contribution in [3.63, 3.8) is 0 Å². The number of ether oxygens (including phenoxy) is 2. The van der Waals surface area contributed by atoms with Gasteiger partial charge in [-0.05, 0) is 45.4 Å². The van der Waals surface area contributed by atoms with Crippen LogP contribution < -0.4 is 5.32 Å². The highest BCUT2D eigenvalue weighted by Gasteiger charge is 2.24. The number of aryl methyl sites for hydroxylation is 2. The summed E-state index contributed by atoms with van der Waals surface area (Å²) >= 11 is 1.33. The highest BCUT2D eigenvalue weighted by Crippen LogP contribution is 2.21. The molecule has 2 aromatic rings. The molecule has 0 unspecified atom stereocenters.